The van der Waals surface area contributed by atoms with E-state index in [1.54, 1.807) is 19.2 Å². The number of benzene rings is 1. The maximum Gasteiger partial charge on any atom is 0.124 e. The first kappa shape index (κ1) is 9.74. The zero-order valence-electron chi connectivity index (χ0n) is 7.49. The van der Waals surface area contributed by atoms with Gasteiger partial charge in [-0.25, -0.2) is 0 Å². The predicted octanol–water partition coefficient (Wildman–Crippen LogP) is 1.28. The van der Waals surface area contributed by atoms with Gasteiger partial charge in [-0.05, 0) is 11.6 Å². The molecule has 0 aliphatic heterocycles. The lowest BCUT2D eigenvalue weighted by Crippen LogP contribution is -1.91. The van der Waals surface area contributed by atoms with E-state index in [1.807, 2.05) is 6.07 Å². The van der Waals surface area contributed by atoms with Gasteiger partial charge in [-0.15, -0.1) is 0 Å². The van der Waals surface area contributed by atoms with Crippen LogP contribution in [-0.2, 0) is 22.6 Å². The number of methoxy groups -OCH3 is 1. The summed E-state index contributed by atoms with van der Waals surface area (Å²) in [6, 6.07) is 5.18. The Labute approximate surface area is 77.0 Å². The van der Waals surface area contributed by atoms with E-state index in [-0.39, 0.29) is 12.2 Å². The molecule has 1 aromatic carbocycles. The normalized spacial score (nSPS) is 9.92. The predicted molar refractivity (Wildman–Crippen MR) is 48.6 cm³/mol. The van der Waals surface area contributed by atoms with Crippen LogP contribution in [0.5, 0.6) is 5.75 Å². The number of ether oxygens (including phenoxy) is 1. The van der Waals surface area contributed by atoms with Gasteiger partial charge in [0.15, 0.2) is 0 Å². The van der Waals surface area contributed by atoms with Crippen LogP contribution in [0.25, 0.3) is 0 Å². The second kappa shape index (κ2) is 4.62. The summed E-state index contributed by atoms with van der Waals surface area (Å²) in [4.78, 5) is 10.2. The summed E-state index contributed by atoms with van der Waals surface area (Å²) in [6.07, 6.45) is 1.02. The van der Waals surface area contributed by atoms with Gasteiger partial charge in [0.05, 0.1) is 6.61 Å². The van der Waals surface area contributed by atoms with Crippen LogP contribution in [0, 0.1) is 0 Å². The highest BCUT2D eigenvalue weighted by Crippen LogP contribution is 2.19. The van der Waals surface area contributed by atoms with Crippen LogP contribution in [-0.4, -0.2) is 18.5 Å². The van der Waals surface area contributed by atoms with E-state index in [0.717, 1.165) is 11.8 Å². The molecule has 0 radical (unpaired) electrons. The fraction of sp³-hybridized carbons (Fsp3) is 0.300. The lowest BCUT2D eigenvalue weighted by atomic mass is 10.1. The first-order valence-electron chi connectivity index (χ1n) is 4.01. The first-order chi connectivity index (χ1) is 6.27. The Morgan fingerprint density at radius 3 is 2.85 bits per heavy atom. The highest BCUT2D eigenvalue weighted by atomic mass is 16.5. The summed E-state index contributed by atoms with van der Waals surface area (Å²) >= 11 is 0. The van der Waals surface area contributed by atoms with E-state index in [0.29, 0.717) is 12.2 Å². The van der Waals surface area contributed by atoms with Crippen molar-refractivity contribution >= 4 is 6.29 Å². The van der Waals surface area contributed by atoms with Crippen LogP contribution in [0.1, 0.15) is 11.1 Å². The van der Waals surface area contributed by atoms with Gasteiger partial charge in [-0.3, -0.25) is 0 Å². The Morgan fingerprint density at radius 2 is 2.31 bits per heavy atom. The molecule has 0 aliphatic rings. The van der Waals surface area contributed by atoms with Crippen LogP contribution in [0.3, 0.4) is 0 Å². The molecule has 0 saturated carbocycles. The van der Waals surface area contributed by atoms with Crippen molar-refractivity contribution in [2.75, 3.05) is 7.11 Å². The summed E-state index contributed by atoms with van der Waals surface area (Å²) < 4.78 is 4.90. The lowest BCUT2D eigenvalue weighted by molar-refractivity contribution is -0.107. The van der Waals surface area contributed by atoms with E-state index in [9.17, 15) is 9.90 Å². The number of aromatic hydroxyl groups is 1. The molecule has 1 N–H and O–H groups in total. The van der Waals surface area contributed by atoms with Gasteiger partial charge in [-0.2, -0.15) is 0 Å². The van der Waals surface area contributed by atoms with Crippen LogP contribution < -0.4 is 0 Å². The van der Waals surface area contributed by atoms with Gasteiger partial charge < -0.3 is 14.6 Å². The number of phenolic OH excluding ortho intramolecular Hbond substituents is 1. The highest BCUT2D eigenvalue weighted by Gasteiger charge is 2.01. The fourth-order valence-corrected chi connectivity index (χ4v) is 1.13. The van der Waals surface area contributed by atoms with E-state index >= 15 is 0 Å². The summed E-state index contributed by atoms with van der Waals surface area (Å²) in [6.45, 7) is 0.467. The molecule has 70 valence electrons. The Morgan fingerprint density at radius 1 is 1.54 bits per heavy atom. The average molecular weight is 180 g/mol. The van der Waals surface area contributed by atoms with Crippen molar-refractivity contribution in [2.24, 2.45) is 0 Å². The van der Waals surface area contributed by atoms with Crippen LogP contribution in [0.2, 0.25) is 0 Å². The Bertz CT molecular complexity index is 294. The van der Waals surface area contributed by atoms with Gasteiger partial charge in [0.2, 0.25) is 0 Å². The molecule has 0 amide bonds. The third-order valence-corrected chi connectivity index (χ3v) is 1.76. The summed E-state index contributed by atoms with van der Waals surface area (Å²) in [7, 11) is 1.59. The summed E-state index contributed by atoms with van der Waals surface area (Å²) in [5.74, 6) is 0.154. The number of hydrogen-bond acceptors (Lipinski definition) is 3. The van der Waals surface area contributed by atoms with Gasteiger partial charge in [0.1, 0.15) is 12.0 Å². The largest absolute Gasteiger partial charge is 0.508 e. The summed E-state index contributed by atoms with van der Waals surface area (Å²) in [5.41, 5.74) is 1.55. The molecule has 3 heteroatoms. The Kier molecular flexibility index (Phi) is 3.46. The highest BCUT2D eigenvalue weighted by molar-refractivity contribution is 5.57. The van der Waals surface area contributed by atoms with Crippen molar-refractivity contribution in [3.8, 4) is 5.75 Å². The summed E-state index contributed by atoms with van der Waals surface area (Å²) in [5, 5.41) is 9.43. The molecule has 0 aliphatic carbocycles. The minimum absolute atomic E-state index is 0.154. The third kappa shape index (κ3) is 2.56. The van der Waals surface area contributed by atoms with Crippen LogP contribution in [0.4, 0.5) is 0 Å². The van der Waals surface area contributed by atoms with Crippen LogP contribution in [0.15, 0.2) is 18.2 Å². The number of rotatable bonds is 4. The number of aldehydes is 1. The van der Waals surface area contributed by atoms with E-state index in [2.05, 4.69) is 0 Å². The smallest absolute Gasteiger partial charge is 0.124 e. The van der Waals surface area contributed by atoms with Gasteiger partial charge in [-0.1, -0.05) is 12.1 Å². The standard InChI is InChI=1S/C10H12O3/c1-13-7-8-2-3-9(4-5-11)10(12)6-8/h2-3,5-6,12H,4,7H2,1H3. The molecule has 3 nitrogen and oxygen atoms in total. The number of hydrogen-bond donors (Lipinski definition) is 1. The average Bonchev–Trinajstić information content (AvgIpc) is 2.10. The second-order valence-electron chi connectivity index (χ2n) is 2.77. The van der Waals surface area contributed by atoms with E-state index < -0.39 is 0 Å². The molecule has 0 spiro atoms. The molecule has 0 heterocycles. The molecule has 0 fully saturated rings. The Hall–Kier alpha value is -1.35. The van der Waals surface area contributed by atoms with Crippen molar-refractivity contribution in [3.05, 3.63) is 29.3 Å². The van der Waals surface area contributed by atoms with E-state index in [1.165, 1.54) is 0 Å². The molecule has 0 aromatic heterocycles. The molecule has 1 rings (SSSR count). The monoisotopic (exact) mass is 180 g/mol. The van der Waals surface area contributed by atoms with E-state index in [4.69, 9.17) is 4.74 Å². The number of carbonyl (C=O) groups excluding carboxylic acids is 1. The molecular formula is C10H12O3. The molecule has 0 atom stereocenters. The van der Waals surface area contributed by atoms with Crippen molar-refractivity contribution in [3.63, 3.8) is 0 Å². The minimum Gasteiger partial charge on any atom is -0.508 e. The van der Waals surface area contributed by atoms with Crippen molar-refractivity contribution < 1.29 is 14.6 Å². The molecule has 1 aromatic rings. The van der Waals surface area contributed by atoms with Crippen molar-refractivity contribution in [2.45, 2.75) is 13.0 Å². The van der Waals surface area contributed by atoms with Gasteiger partial charge in [0.25, 0.3) is 0 Å². The molecular weight excluding hydrogens is 168 g/mol. The SMILES string of the molecule is COCc1ccc(CC=O)c(O)c1. The zero-order valence-corrected chi connectivity index (χ0v) is 7.49. The molecule has 0 unspecified atom stereocenters. The maximum atomic E-state index is 10.2. The third-order valence-electron chi connectivity index (χ3n) is 1.76. The van der Waals surface area contributed by atoms with Crippen molar-refractivity contribution in [1.29, 1.82) is 0 Å². The van der Waals surface area contributed by atoms with Crippen LogP contribution >= 0.6 is 0 Å². The molecule has 13 heavy (non-hydrogen) atoms. The fourth-order valence-electron chi connectivity index (χ4n) is 1.13. The number of phenols is 1. The van der Waals surface area contributed by atoms with Gasteiger partial charge in [0, 0.05) is 19.1 Å². The van der Waals surface area contributed by atoms with Crippen molar-refractivity contribution in [1.82, 2.24) is 0 Å². The molecule has 0 bridgehead atoms. The second-order valence-corrected chi connectivity index (χ2v) is 2.77. The first-order valence-corrected chi connectivity index (χ1v) is 4.01. The quantitative estimate of drug-likeness (QED) is 0.710. The Balaban J connectivity index is 2.84. The topological polar surface area (TPSA) is 46.5 Å². The lowest BCUT2D eigenvalue weighted by Gasteiger charge is -2.03. The number of carbonyl (C=O) groups is 1. The molecule has 0 saturated heterocycles. The maximum absolute atomic E-state index is 10.2. The zero-order chi connectivity index (χ0) is 9.68. The van der Waals surface area contributed by atoms with Gasteiger partial charge >= 0.3 is 0 Å². The minimum atomic E-state index is 0.154.